The van der Waals surface area contributed by atoms with E-state index >= 15 is 0 Å². The molecule has 0 saturated carbocycles. The summed E-state index contributed by atoms with van der Waals surface area (Å²) >= 11 is 0. The summed E-state index contributed by atoms with van der Waals surface area (Å²) in [6.45, 7) is 4.02. The SMILES string of the molecule is CC/C=C\C/C=C\C/C=C\C/C=C\C/C=C\C/C=C\C/C=C\C/C=C\C/C=C\C/C=C\C/C=C\CCCCCCCC(=O)OC(CO)COC(=O)CCCCCCCCCCCCCCCCCCCC. The molecule has 0 bridgehead atoms. The summed E-state index contributed by atoms with van der Waals surface area (Å²) in [6, 6.07) is 0. The van der Waals surface area contributed by atoms with Crippen LogP contribution in [-0.4, -0.2) is 36.4 Å². The molecule has 0 spiro atoms. The first-order valence-corrected chi connectivity index (χ1v) is 29.2. The number of hydrogen-bond acceptors (Lipinski definition) is 5. The summed E-state index contributed by atoms with van der Waals surface area (Å²) in [6.07, 6.45) is 89.9. The van der Waals surface area contributed by atoms with Gasteiger partial charge >= 0.3 is 11.9 Å². The zero-order valence-corrected chi connectivity index (χ0v) is 45.9. The van der Waals surface area contributed by atoms with Crippen LogP contribution in [0.3, 0.4) is 0 Å². The lowest BCUT2D eigenvalue weighted by Crippen LogP contribution is -2.28. The maximum Gasteiger partial charge on any atom is 0.306 e. The van der Waals surface area contributed by atoms with Gasteiger partial charge in [-0.25, -0.2) is 0 Å². The minimum Gasteiger partial charge on any atom is -0.462 e. The lowest BCUT2D eigenvalue weighted by molar-refractivity contribution is -0.161. The van der Waals surface area contributed by atoms with E-state index in [1.54, 1.807) is 0 Å². The Kier molecular flexibility index (Phi) is 57.0. The molecule has 402 valence electrons. The highest BCUT2D eigenvalue weighted by molar-refractivity contribution is 5.70. The van der Waals surface area contributed by atoms with Gasteiger partial charge in [0.1, 0.15) is 6.61 Å². The molecule has 5 nitrogen and oxygen atoms in total. The summed E-state index contributed by atoms with van der Waals surface area (Å²) in [5, 5.41) is 9.65. The molecule has 0 fully saturated rings. The minimum absolute atomic E-state index is 0.0783. The lowest BCUT2D eigenvalue weighted by Gasteiger charge is -2.15. The van der Waals surface area contributed by atoms with E-state index in [0.717, 1.165) is 128 Å². The topological polar surface area (TPSA) is 72.8 Å². The van der Waals surface area contributed by atoms with Gasteiger partial charge in [-0.1, -0.05) is 276 Å². The van der Waals surface area contributed by atoms with Crippen LogP contribution in [0.1, 0.15) is 251 Å². The summed E-state index contributed by atoms with van der Waals surface area (Å²) in [5.41, 5.74) is 0. The molecule has 0 aromatic heterocycles. The molecule has 5 heteroatoms. The second-order valence-corrected chi connectivity index (χ2v) is 19.0. The predicted molar refractivity (Wildman–Crippen MR) is 311 cm³/mol. The maximum atomic E-state index is 12.3. The molecule has 0 aliphatic rings. The average molecular weight is 982 g/mol. The molecule has 71 heavy (non-hydrogen) atoms. The highest BCUT2D eigenvalue weighted by Crippen LogP contribution is 2.15. The van der Waals surface area contributed by atoms with E-state index in [0.29, 0.717) is 12.8 Å². The summed E-state index contributed by atoms with van der Waals surface area (Å²) in [4.78, 5) is 24.5. The number of allylic oxidation sites excluding steroid dienone is 22. The van der Waals surface area contributed by atoms with Crippen LogP contribution in [0.4, 0.5) is 0 Å². The minimum atomic E-state index is -0.790. The van der Waals surface area contributed by atoms with Crippen LogP contribution in [-0.2, 0) is 19.1 Å². The highest BCUT2D eigenvalue weighted by Gasteiger charge is 2.16. The molecule has 0 aliphatic carbocycles. The van der Waals surface area contributed by atoms with Gasteiger partial charge in [-0.2, -0.15) is 0 Å². The van der Waals surface area contributed by atoms with Crippen LogP contribution >= 0.6 is 0 Å². The van der Waals surface area contributed by atoms with E-state index < -0.39 is 6.10 Å². The smallest absolute Gasteiger partial charge is 0.306 e. The highest BCUT2D eigenvalue weighted by atomic mass is 16.6. The van der Waals surface area contributed by atoms with Crippen molar-refractivity contribution < 1.29 is 24.2 Å². The summed E-state index contributed by atoms with van der Waals surface area (Å²) in [7, 11) is 0. The van der Waals surface area contributed by atoms with Gasteiger partial charge in [0.05, 0.1) is 6.61 Å². The standard InChI is InChI=1S/C66H108O5/c1-3-5-7-9-11-13-15-17-19-21-23-24-25-26-27-28-29-30-31-32-33-34-35-36-37-38-39-40-41-42-43-45-47-49-51-53-55-57-59-61-66(69)71-64(62-67)63-70-65(68)60-58-56-54-52-50-48-46-44-22-20-18-16-14-12-10-8-6-4-2/h5,7,11,13,17,19,23-24,26-27,29-30,32-33,35-36,38-39,41-42,45,47,64,67H,3-4,6,8-10,12,14-16,18,20-22,25,28,31,34,37,40,43-44,46,48-63H2,1-2H3/b7-5-,13-11-,19-17-,24-23-,27-26-,30-29-,33-32-,36-35-,39-38-,42-41-,47-45-. The fourth-order valence-corrected chi connectivity index (χ4v) is 7.85. The van der Waals surface area contributed by atoms with Crippen LogP contribution in [0.5, 0.6) is 0 Å². The number of aliphatic hydroxyl groups excluding tert-OH is 1. The van der Waals surface area contributed by atoms with E-state index in [4.69, 9.17) is 9.47 Å². The maximum absolute atomic E-state index is 12.3. The molecule has 1 N–H and O–H groups in total. The Balaban J connectivity index is 3.63. The normalized spacial score (nSPS) is 13.2. The fourth-order valence-electron chi connectivity index (χ4n) is 7.85. The number of carbonyl (C=O) groups excluding carboxylic acids is 2. The van der Waals surface area contributed by atoms with Crippen molar-refractivity contribution in [2.75, 3.05) is 13.2 Å². The van der Waals surface area contributed by atoms with Crippen LogP contribution in [0.25, 0.3) is 0 Å². The molecule has 0 saturated heterocycles. The van der Waals surface area contributed by atoms with Gasteiger partial charge < -0.3 is 14.6 Å². The molecular weight excluding hydrogens is 873 g/mol. The first-order valence-electron chi connectivity index (χ1n) is 29.2. The van der Waals surface area contributed by atoms with Gasteiger partial charge in [0.2, 0.25) is 0 Å². The van der Waals surface area contributed by atoms with Crippen molar-refractivity contribution in [1.29, 1.82) is 0 Å². The number of carbonyl (C=O) groups is 2. The van der Waals surface area contributed by atoms with Crippen LogP contribution in [0.15, 0.2) is 134 Å². The molecule has 0 aliphatic heterocycles. The van der Waals surface area contributed by atoms with Crippen molar-refractivity contribution in [2.45, 2.75) is 258 Å². The number of hydrogen-bond donors (Lipinski definition) is 1. The number of rotatable bonds is 52. The number of aliphatic hydroxyl groups is 1. The van der Waals surface area contributed by atoms with Gasteiger partial charge in [-0.3, -0.25) is 9.59 Å². The quantitative estimate of drug-likeness (QED) is 0.0373. The van der Waals surface area contributed by atoms with Crippen molar-refractivity contribution >= 4 is 11.9 Å². The van der Waals surface area contributed by atoms with E-state index in [2.05, 4.69) is 148 Å². The van der Waals surface area contributed by atoms with Crippen molar-refractivity contribution in [3.63, 3.8) is 0 Å². The third-order valence-corrected chi connectivity index (χ3v) is 12.2. The molecule has 0 aromatic carbocycles. The summed E-state index contributed by atoms with van der Waals surface area (Å²) < 4.78 is 10.7. The van der Waals surface area contributed by atoms with Crippen LogP contribution < -0.4 is 0 Å². The van der Waals surface area contributed by atoms with Crippen molar-refractivity contribution in [2.24, 2.45) is 0 Å². The molecule has 1 unspecified atom stereocenters. The molecule has 0 heterocycles. The monoisotopic (exact) mass is 981 g/mol. The molecular formula is C66H108O5. The van der Waals surface area contributed by atoms with Gasteiger partial charge in [-0.05, 0) is 96.3 Å². The zero-order valence-electron chi connectivity index (χ0n) is 45.9. The van der Waals surface area contributed by atoms with Gasteiger partial charge in [0.15, 0.2) is 6.10 Å². The Morgan fingerprint density at radius 3 is 0.915 bits per heavy atom. The van der Waals surface area contributed by atoms with Gasteiger partial charge in [-0.15, -0.1) is 0 Å². The Bertz CT molecular complexity index is 1480. The van der Waals surface area contributed by atoms with E-state index in [9.17, 15) is 14.7 Å². The van der Waals surface area contributed by atoms with Crippen LogP contribution in [0, 0.1) is 0 Å². The first-order chi connectivity index (χ1) is 35.1. The van der Waals surface area contributed by atoms with Gasteiger partial charge in [0.25, 0.3) is 0 Å². The van der Waals surface area contributed by atoms with Crippen molar-refractivity contribution in [1.82, 2.24) is 0 Å². The molecule has 1 atom stereocenters. The van der Waals surface area contributed by atoms with E-state index in [-0.39, 0.29) is 25.2 Å². The van der Waals surface area contributed by atoms with Gasteiger partial charge in [0, 0.05) is 12.8 Å². The molecule has 0 rings (SSSR count). The average Bonchev–Trinajstić information content (AvgIpc) is 3.37. The van der Waals surface area contributed by atoms with Crippen molar-refractivity contribution in [3.05, 3.63) is 134 Å². The van der Waals surface area contributed by atoms with E-state index in [1.807, 2.05) is 0 Å². The first kappa shape index (κ1) is 67.0. The van der Waals surface area contributed by atoms with Crippen molar-refractivity contribution in [3.8, 4) is 0 Å². The Labute approximate surface area is 438 Å². The fraction of sp³-hybridized carbons (Fsp3) is 0.636. The second-order valence-electron chi connectivity index (χ2n) is 19.0. The Morgan fingerprint density at radius 1 is 0.338 bits per heavy atom. The lowest BCUT2D eigenvalue weighted by atomic mass is 10.0. The number of unbranched alkanes of at least 4 members (excludes halogenated alkanes) is 22. The Hall–Kier alpha value is -3.96. The van der Waals surface area contributed by atoms with Crippen LogP contribution in [0.2, 0.25) is 0 Å². The zero-order chi connectivity index (χ0) is 51.3. The third-order valence-electron chi connectivity index (χ3n) is 12.2. The third kappa shape index (κ3) is 58.5. The number of esters is 2. The molecule has 0 amide bonds. The summed E-state index contributed by atoms with van der Waals surface area (Å²) in [5.74, 6) is -0.613. The predicted octanol–water partition coefficient (Wildman–Crippen LogP) is 20.0. The second kappa shape index (κ2) is 60.3. The van der Waals surface area contributed by atoms with E-state index in [1.165, 1.54) is 96.3 Å². The molecule has 0 radical (unpaired) electrons. The Morgan fingerprint density at radius 2 is 0.606 bits per heavy atom. The number of ether oxygens (including phenoxy) is 2. The largest absolute Gasteiger partial charge is 0.462 e. The molecule has 0 aromatic rings.